The SMILES string of the molecule is CNc1nc(NC2CCCN(C)C2)nc(-n2cccn2)n1. The summed E-state index contributed by atoms with van der Waals surface area (Å²) in [5, 5.41) is 10.5. The van der Waals surface area contributed by atoms with Crippen LogP contribution in [0.25, 0.3) is 5.95 Å². The Kier molecular flexibility index (Phi) is 3.96. The maximum atomic E-state index is 4.45. The molecule has 2 aromatic rings. The van der Waals surface area contributed by atoms with E-state index in [1.54, 1.807) is 17.9 Å². The molecule has 8 nitrogen and oxygen atoms in total. The number of anilines is 2. The van der Waals surface area contributed by atoms with E-state index in [0.717, 1.165) is 19.5 Å². The second kappa shape index (κ2) is 6.04. The van der Waals surface area contributed by atoms with Gasteiger partial charge in [-0.2, -0.15) is 20.1 Å². The van der Waals surface area contributed by atoms with Gasteiger partial charge in [-0.05, 0) is 32.5 Å². The average molecular weight is 288 g/mol. The van der Waals surface area contributed by atoms with Gasteiger partial charge in [-0.1, -0.05) is 0 Å². The van der Waals surface area contributed by atoms with Gasteiger partial charge < -0.3 is 15.5 Å². The zero-order valence-electron chi connectivity index (χ0n) is 12.3. The molecule has 1 atom stereocenters. The summed E-state index contributed by atoms with van der Waals surface area (Å²) in [5.74, 6) is 1.62. The van der Waals surface area contributed by atoms with Gasteiger partial charge in [0.05, 0.1) is 0 Å². The third-order valence-electron chi connectivity index (χ3n) is 3.51. The number of aromatic nitrogens is 5. The first kappa shape index (κ1) is 13.7. The second-order valence-electron chi connectivity index (χ2n) is 5.23. The summed E-state index contributed by atoms with van der Waals surface area (Å²) in [5.41, 5.74) is 0. The summed E-state index contributed by atoms with van der Waals surface area (Å²) in [6.07, 6.45) is 5.82. The topological polar surface area (TPSA) is 83.8 Å². The highest BCUT2D eigenvalue weighted by molar-refractivity contribution is 5.38. The highest BCUT2D eigenvalue weighted by Gasteiger charge is 2.18. The molecule has 8 heteroatoms. The molecule has 1 unspecified atom stereocenters. The third-order valence-corrected chi connectivity index (χ3v) is 3.51. The molecule has 0 aliphatic carbocycles. The van der Waals surface area contributed by atoms with Crippen LogP contribution in [-0.2, 0) is 0 Å². The molecular weight excluding hydrogens is 268 g/mol. The Morgan fingerprint density at radius 3 is 2.81 bits per heavy atom. The number of rotatable bonds is 4. The van der Waals surface area contributed by atoms with Gasteiger partial charge in [0.15, 0.2) is 0 Å². The molecule has 0 radical (unpaired) electrons. The van der Waals surface area contributed by atoms with Gasteiger partial charge in [0.1, 0.15) is 0 Å². The van der Waals surface area contributed by atoms with Crippen LogP contribution < -0.4 is 10.6 Å². The van der Waals surface area contributed by atoms with Crippen molar-refractivity contribution in [2.45, 2.75) is 18.9 Å². The number of nitrogens with one attached hydrogen (secondary N) is 2. The summed E-state index contributed by atoms with van der Waals surface area (Å²) < 4.78 is 1.63. The fourth-order valence-corrected chi connectivity index (χ4v) is 2.50. The lowest BCUT2D eigenvalue weighted by Gasteiger charge is -2.30. The van der Waals surface area contributed by atoms with Crippen molar-refractivity contribution in [2.75, 3.05) is 37.8 Å². The van der Waals surface area contributed by atoms with Crippen LogP contribution in [0.3, 0.4) is 0 Å². The lowest BCUT2D eigenvalue weighted by atomic mass is 10.1. The molecular formula is C13H20N8. The molecule has 0 saturated carbocycles. The van der Waals surface area contributed by atoms with Crippen LogP contribution in [0.15, 0.2) is 18.5 Å². The molecule has 1 fully saturated rings. The first-order valence-corrected chi connectivity index (χ1v) is 7.13. The van der Waals surface area contributed by atoms with Gasteiger partial charge >= 0.3 is 0 Å². The van der Waals surface area contributed by atoms with Gasteiger partial charge in [0, 0.05) is 32.0 Å². The predicted molar refractivity (Wildman–Crippen MR) is 80.6 cm³/mol. The molecule has 0 bridgehead atoms. The minimum atomic E-state index is 0.362. The first-order valence-electron chi connectivity index (χ1n) is 7.13. The molecule has 1 saturated heterocycles. The molecule has 0 amide bonds. The van der Waals surface area contributed by atoms with Gasteiger partial charge in [0.25, 0.3) is 5.95 Å². The van der Waals surface area contributed by atoms with E-state index in [0.29, 0.717) is 23.9 Å². The summed E-state index contributed by atoms with van der Waals surface area (Å²) in [6.45, 7) is 2.15. The number of piperidine rings is 1. The van der Waals surface area contributed by atoms with Crippen molar-refractivity contribution in [1.29, 1.82) is 0 Å². The van der Waals surface area contributed by atoms with E-state index in [1.807, 2.05) is 12.3 Å². The Morgan fingerprint density at radius 1 is 1.24 bits per heavy atom. The zero-order chi connectivity index (χ0) is 14.7. The molecule has 21 heavy (non-hydrogen) atoms. The lowest BCUT2D eigenvalue weighted by Crippen LogP contribution is -2.40. The first-order chi connectivity index (χ1) is 10.2. The molecule has 2 aromatic heterocycles. The van der Waals surface area contributed by atoms with Gasteiger partial charge in [-0.25, -0.2) is 4.68 Å². The maximum absolute atomic E-state index is 4.45. The van der Waals surface area contributed by atoms with Crippen LogP contribution >= 0.6 is 0 Å². The predicted octanol–water partition coefficient (Wildman–Crippen LogP) is 0.605. The minimum absolute atomic E-state index is 0.362. The summed E-state index contributed by atoms with van der Waals surface area (Å²) in [7, 11) is 3.93. The second-order valence-corrected chi connectivity index (χ2v) is 5.23. The van der Waals surface area contributed by atoms with Crippen LogP contribution in [0, 0.1) is 0 Å². The Balaban J connectivity index is 1.82. The molecule has 0 aromatic carbocycles. The highest BCUT2D eigenvalue weighted by atomic mass is 15.4. The van der Waals surface area contributed by atoms with E-state index in [9.17, 15) is 0 Å². The molecule has 3 rings (SSSR count). The van der Waals surface area contributed by atoms with E-state index < -0.39 is 0 Å². The van der Waals surface area contributed by atoms with Crippen molar-refractivity contribution >= 4 is 11.9 Å². The van der Waals surface area contributed by atoms with Crippen molar-refractivity contribution in [2.24, 2.45) is 0 Å². The van der Waals surface area contributed by atoms with E-state index in [4.69, 9.17) is 0 Å². The molecule has 3 heterocycles. The standard InChI is InChI=1S/C13H20N8/c1-14-11-17-12(16-10-5-3-7-20(2)9-10)19-13(18-11)21-8-4-6-15-21/h4,6,8,10H,3,5,7,9H2,1-2H3,(H2,14,16,17,18,19). The van der Waals surface area contributed by atoms with Crippen molar-refractivity contribution < 1.29 is 0 Å². The molecule has 112 valence electrons. The molecule has 1 aliphatic heterocycles. The van der Waals surface area contributed by atoms with Crippen LogP contribution in [0.1, 0.15) is 12.8 Å². The Labute approximate surface area is 123 Å². The van der Waals surface area contributed by atoms with Crippen LogP contribution in [-0.4, -0.2) is 62.9 Å². The third kappa shape index (κ3) is 3.27. The van der Waals surface area contributed by atoms with Crippen molar-refractivity contribution in [1.82, 2.24) is 29.6 Å². The highest BCUT2D eigenvalue weighted by Crippen LogP contribution is 2.14. The monoisotopic (exact) mass is 288 g/mol. The minimum Gasteiger partial charge on any atom is -0.357 e. The molecule has 2 N–H and O–H groups in total. The van der Waals surface area contributed by atoms with Gasteiger partial charge in [-0.3, -0.25) is 0 Å². The lowest BCUT2D eigenvalue weighted by molar-refractivity contribution is 0.260. The zero-order valence-corrected chi connectivity index (χ0v) is 12.3. The fraction of sp³-hybridized carbons (Fsp3) is 0.538. The largest absolute Gasteiger partial charge is 0.357 e. The van der Waals surface area contributed by atoms with Crippen LogP contribution in [0.5, 0.6) is 0 Å². The number of likely N-dealkylation sites (tertiary alicyclic amines) is 1. The van der Waals surface area contributed by atoms with E-state index in [1.165, 1.54) is 6.42 Å². The van der Waals surface area contributed by atoms with Crippen molar-refractivity contribution in [3.63, 3.8) is 0 Å². The van der Waals surface area contributed by atoms with E-state index in [-0.39, 0.29) is 0 Å². The van der Waals surface area contributed by atoms with Gasteiger partial charge in [-0.15, -0.1) is 0 Å². The van der Waals surface area contributed by atoms with E-state index in [2.05, 4.69) is 42.6 Å². The molecule has 1 aliphatic rings. The normalized spacial score (nSPS) is 19.4. The van der Waals surface area contributed by atoms with Crippen molar-refractivity contribution in [3.05, 3.63) is 18.5 Å². The number of hydrogen-bond acceptors (Lipinski definition) is 7. The number of nitrogens with zero attached hydrogens (tertiary/aromatic N) is 6. The Hall–Kier alpha value is -2.22. The summed E-state index contributed by atoms with van der Waals surface area (Å²) in [6, 6.07) is 2.20. The molecule has 0 spiro atoms. The Bertz CT molecular complexity index is 582. The van der Waals surface area contributed by atoms with Crippen molar-refractivity contribution in [3.8, 4) is 5.95 Å². The number of likely N-dealkylation sites (N-methyl/N-ethyl adjacent to an activating group) is 1. The van der Waals surface area contributed by atoms with Crippen LogP contribution in [0.2, 0.25) is 0 Å². The summed E-state index contributed by atoms with van der Waals surface area (Å²) in [4.78, 5) is 15.5. The maximum Gasteiger partial charge on any atom is 0.257 e. The van der Waals surface area contributed by atoms with E-state index >= 15 is 0 Å². The average Bonchev–Trinajstić information content (AvgIpc) is 3.01. The van der Waals surface area contributed by atoms with Crippen LogP contribution in [0.4, 0.5) is 11.9 Å². The smallest absolute Gasteiger partial charge is 0.257 e. The summed E-state index contributed by atoms with van der Waals surface area (Å²) >= 11 is 0. The quantitative estimate of drug-likeness (QED) is 0.852. The number of hydrogen-bond donors (Lipinski definition) is 2. The van der Waals surface area contributed by atoms with Gasteiger partial charge in [0.2, 0.25) is 11.9 Å². The Morgan fingerprint density at radius 2 is 2.10 bits per heavy atom. The fourth-order valence-electron chi connectivity index (χ4n) is 2.50.